The van der Waals surface area contributed by atoms with Crippen molar-refractivity contribution in [2.45, 2.75) is 25.7 Å². The summed E-state index contributed by atoms with van der Waals surface area (Å²) in [5, 5.41) is 12.2. The van der Waals surface area contributed by atoms with E-state index < -0.39 is 0 Å². The topological polar surface area (TPSA) is 91.5 Å². The number of hydrogen-bond donors (Lipinski definition) is 3. The summed E-state index contributed by atoms with van der Waals surface area (Å²) in [5.41, 5.74) is 5.73. The van der Waals surface area contributed by atoms with Crippen LogP contribution in [0.2, 0.25) is 0 Å². The molecule has 1 amide bonds. The van der Waals surface area contributed by atoms with Gasteiger partial charge >= 0.3 is 0 Å². The molecule has 0 fully saturated rings. The molecule has 0 unspecified atom stereocenters. The second-order valence-corrected chi connectivity index (χ2v) is 5.48. The highest BCUT2D eigenvalue weighted by Crippen LogP contribution is 2.26. The fourth-order valence-corrected chi connectivity index (χ4v) is 2.37. The first kappa shape index (κ1) is 15.7. The second-order valence-electron chi connectivity index (χ2n) is 4.50. The van der Waals surface area contributed by atoms with Crippen LogP contribution in [0.5, 0.6) is 0 Å². The third kappa shape index (κ3) is 5.04. The van der Waals surface area contributed by atoms with Gasteiger partial charge in [0.05, 0.1) is 0 Å². The van der Waals surface area contributed by atoms with Gasteiger partial charge in [-0.1, -0.05) is 24.2 Å². The van der Waals surface area contributed by atoms with E-state index in [1.165, 1.54) is 11.3 Å². The minimum absolute atomic E-state index is 0.162. The van der Waals surface area contributed by atoms with Gasteiger partial charge in [0.15, 0.2) is 5.13 Å². The van der Waals surface area contributed by atoms with Crippen molar-refractivity contribution in [3.63, 3.8) is 0 Å². The Morgan fingerprint density at radius 1 is 1.37 bits per heavy atom. The van der Waals surface area contributed by atoms with Gasteiger partial charge in [0, 0.05) is 27.2 Å². The van der Waals surface area contributed by atoms with E-state index in [4.69, 9.17) is 10.8 Å². The van der Waals surface area contributed by atoms with Crippen molar-refractivity contribution in [2.75, 3.05) is 37.9 Å². The number of amides is 1. The lowest BCUT2D eigenvalue weighted by Crippen LogP contribution is -2.24. The predicted molar refractivity (Wildman–Crippen MR) is 78.7 cm³/mol. The summed E-state index contributed by atoms with van der Waals surface area (Å²) in [6, 6.07) is 0. The molecule has 1 rings (SSSR count). The molecule has 0 bridgehead atoms. The molecule has 0 aliphatic carbocycles. The number of nitrogen functional groups attached to an aromatic ring is 1. The van der Waals surface area contributed by atoms with Crippen molar-refractivity contribution in [1.82, 2.24) is 10.3 Å². The van der Waals surface area contributed by atoms with Gasteiger partial charge in [-0.05, 0) is 12.8 Å². The number of rotatable bonds is 8. The molecular formula is C12H22N4O2S. The van der Waals surface area contributed by atoms with Gasteiger partial charge in [0.1, 0.15) is 10.7 Å². The molecule has 108 valence electrons. The van der Waals surface area contributed by atoms with Crippen LogP contribution in [-0.2, 0) is 0 Å². The van der Waals surface area contributed by atoms with Crippen LogP contribution in [0.25, 0.3) is 0 Å². The highest BCUT2D eigenvalue weighted by molar-refractivity contribution is 7.18. The van der Waals surface area contributed by atoms with Crippen LogP contribution in [-0.4, -0.2) is 43.2 Å². The molecule has 0 aliphatic rings. The average molecular weight is 286 g/mol. The van der Waals surface area contributed by atoms with E-state index in [0.717, 1.165) is 30.8 Å². The van der Waals surface area contributed by atoms with E-state index in [1.54, 1.807) is 0 Å². The molecule has 0 aliphatic heterocycles. The summed E-state index contributed by atoms with van der Waals surface area (Å²) >= 11 is 1.29. The fourth-order valence-electron chi connectivity index (χ4n) is 1.55. The molecule has 0 aromatic carbocycles. The number of aromatic nitrogens is 1. The maximum atomic E-state index is 11.9. The first-order chi connectivity index (χ1) is 9.06. The van der Waals surface area contributed by atoms with E-state index in [0.29, 0.717) is 11.4 Å². The molecular weight excluding hydrogens is 264 g/mol. The van der Waals surface area contributed by atoms with Crippen LogP contribution in [0.3, 0.4) is 0 Å². The molecule has 0 saturated heterocycles. The van der Waals surface area contributed by atoms with Crippen LogP contribution >= 0.6 is 11.3 Å². The minimum atomic E-state index is -0.162. The number of unbranched alkanes of at least 4 members (excludes halogenated alkanes) is 3. The quantitative estimate of drug-likeness (QED) is 0.622. The average Bonchev–Trinajstić information content (AvgIpc) is 2.76. The lowest BCUT2D eigenvalue weighted by Gasteiger charge is -2.05. The number of nitrogens with one attached hydrogen (secondary N) is 1. The molecule has 7 heteroatoms. The van der Waals surface area contributed by atoms with Crippen molar-refractivity contribution >= 4 is 28.2 Å². The molecule has 0 atom stereocenters. The minimum Gasteiger partial charge on any atom is -0.396 e. The zero-order valence-electron chi connectivity index (χ0n) is 11.5. The monoisotopic (exact) mass is 286 g/mol. The van der Waals surface area contributed by atoms with Gasteiger partial charge in [0.25, 0.3) is 5.91 Å². The number of aliphatic hydroxyl groups excluding tert-OH is 1. The highest BCUT2D eigenvalue weighted by atomic mass is 32.1. The Balaban J connectivity index is 2.37. The van der Waals surface area contributed by atoms with Gasteiger partial charge < -0.3 is 21.1 Å². The molecule has 1 aromatic rings. The van der Waals surface area contributed by atoms with E-state index >= 15 is 0 Å². The van der Waals surface area contributed by atoms with Crippen LogP contribution < -0.4 is 16.0 Å². The number of nitrogens with zero attached hydrogens (tertiary/aromatic N) is 2. The molecule has 1 heterocycles. The van der Waals surface area contributed by atoms with Gasteiger partial charge in [-0.3, -0.25) is 4.79 Å². The Labute approximate surface area is 117 Å². The highest BCUT2D eigenvalue weighted by Gasteiger charge is 2.16. The maximum absolute atomic E-state index is 11.9. The molecule has 19 heavy (non-hydrogen) atoms. The van der Waals surface area contributed by atoms with Gasteiger partial charge in [0.2, 0.25) is 0 Å². The molecule has 0 radical (unpaired) electrons. The Bertz CT molecular complexity index is 406. The van der Waals surface area contributed by atoms with Gasteiger partial charge in [-0.25, -0.2) is 4.98 Å². The lowest BCUT2D eigenvalue weighted by molar-refractivity contribution is 0.0957. The predicted octanol–water partition coefficient (Wildman–Crippen LogP) is 1.07. The van der Waals surface area contributed by atoms with E-state index in [-0.39, 0.29) is 18.3 Å². The fraction of sp³-hybridized carbons (Fsp3) is 0.667. The van der Waals surface area contributed by atoms with Gasteiger partial charge in [-0.15, -0.1) is 0 Å². The summed E-state index contributed by atoms with van der Waals surface area (Å²) in [7, 11) is 3.72. The largest absolute Gasteiger partial charge is 0.396 e. The maximum Gasteiger partial charge on any atom is 0.265 e. The van der Waals surface area contributed by atoms with Crippen molar-refractivity contribution in [2.24, 2.45) is 0 Å². The van der Waals surface area contributed by atoms with Crippen LogP contribution in [0.1, 0.15) is 35.4 Å². The van der Waals surface area contributed by atoms with Crippen molar-refractivity contribution in [1.29, 1.82) is 0 Å². The summed E-state index contributed by atoms with van der Waals surface area (Å²) in [4.78, 5) is 18.3. The first-order valence-electron chi connectivity index (χ1n) is 6.39. The number of anilines is 2. The van der Waals surface area contributed by atoms with Crippen LogP contribution in [0.4, 0.5) is 10.9 Å². The van der Waals surface area contributed by atoms with E-state index in [2.05, 4.69) is 10.3 Å². The standard InChI is InChI=1S/C12H22N4O2S/c1-16(2)12-15-10(13)9(19-12)11(18)14-7-5-3-4-6-8-17/h17H,3-8,13H2,1-2H3,(H,14,18). The first-order valence-corrected chi connectivity index (χ1v) is 7.20. The zero-order valence-corrected chi connectivity index (χ0v) is 12.3. The third-order valence-corrected chi connectivity index (χ3v) is 3.84. The van der Waals surface area contributed by atoms with Crippen molar-refractivity contribution in [3.05, 3.63) is 4.88 Å². The molecule has 1 aromatic heterocycles. The Morgan fingerprint density at radius 2 is 2.05 bits per heavy atom. The second kappa shape index (κ2) is 7.96. The zero-order chi connectivity index (χ0) is 14.3. The Kier molecular flexibility index (Phi) is 6.58. The number of nitrogens with two attached hydrogens (primary N) is 1. The molecule has 0 saturated carbocycles. The third-order valence-electron chi connectivity index (χ3n) is 2.60. The smallest absolute Gasteiger partial charge is 0.265 e. The molecule has 0 spiro atoms. The number of carbonyl (C=O) groups is 1. The number of thiazole rings is 1. The SMILES string of the molecule is CN(C)c1nc(N)c(C(=O)NCCCCCCO)s1. The molecule has 6 nitrogen and oxygen atoms in total. The summed E-state index contributed by atoms with van der Waals surface area (Å²) in [6.07, 6.45) is 3.72. The van der Waals surface area contributed by atoms with Crippen molar-refractivity contribution < 1.29 is 9.90 Å². The van der Waals surface area contributed by atoms with Crippen LogP contribution in [0, 0.1) is 0 Å². The lowest BCUT2D eigenvalue weighted by atomic mass is 10.2. The summed E-state index contributed by atoms with van der Waals surface area (Å²) in [6.45, 7) is 0.857. The normalized spacial score (nSPS) is 10.5. The molecule has 4 N–H and O–H groups in total. The van der Waals surface area contributed by atoms with E-state index in [1.807, 2.05) is 19.0 Å². The van der Waals surface area contributed by atoms with Gasteiger partial charge in [-0.2, -0.15) is 0 Å². The van der Waals surface area contributed by atoms with Crippen molar-refractivity contribution in [3.8, 4) is 0 Å². The van der Waals surface area contributed by atoms with E-state index in [9.17, 15) is 4.79 Å². The van der Waals surface area contributed by atoms with Crippen LogP contribution in [0.15, 0.2) is 0 Å². The Morgan fingerprint density at radius 3 is 2.63 bits per heavy atom. The number of carbonyl (C=O) groups excluding carboxylic acids is 1. The number of hydrogen-bond acceptors (Lipinski definition) is 6. The summed E-state index contributed by atoms with van der Waals surface area (Å²) < 4.78 is 0. The number of aliphatic hydroxyl groups is 1. The Hall–Kier alpha value is -1.34. The summed E-state index contributed by atoms with van der Waals surface area (Å²) in [5.74, 6) is 0.122.